The zero-order chi connectivity index (χ0) is 27.5. The van der Waals surface area contributed by atoms with E-state index in [0.717, 1.165) is 65.3 Å². The highest BCUT2D eigenvalue weighted by molar-refractivity contribution is 8.18. The van der Waals surface area contributed by atoms with Gasteiger partial charge in [-0.25, -0.2) is 0 Å². The van der Waals surface area contributed by atoms with Gasteiger partial charge in [-0.05, 0) is 78.6 Å². The summed E-state index contributed by atoms with van der Waals surface area (Å²) in [6.07, 6.45) is 7.06. The molecule has 0 bridgehead atoms. The van der Waals surface area contributed by atoms with Gasteiger partial charge >= 0.3 is 0 Å². The Morgan fingerprint density at radius 2 is 1.70 bits per heavy atom. The molecule has 8 heteroatoms. The molecule has 2 fully saturated rings. The number of hydrogen-bond donors (Lipinski definition) is 1. The molecule has 0 unspecified atom stereocenters. The molecule has 1 N–H and O–H groups in total. The number of likely N-dealkylation sites (tertiary alicyclic amines) is 1. The fourth-order valence-corrected chi connectivity index (χ4v) is 5.84. The molecule has 2 saturated heterocycles. The third kappa shape index (κ3) is 5.67. The molecule has 2 aliphatic heterocycles. The maximum Gasteiger partial charge on any atom is 0.290 e. The Labute approximate surface area is 236 Å². The molecular weight excluding hydrogens is 522 g/mol. The fourth-order valence-electron chi connectivity index (χ4n) is 5.17. The number of aromatic nitrogens is 1. The number of benzene rings is 3. The van der Waals surface area contributed by atoms with E-state index in [4.69, 9.17) is 4.74 Å². The molecule has 7 nitrogen and oxygen atoms in total. The molecule has 0 spiro atoms. The van der Waals surface area contributed by atoms with Gasteiger partial charge in [0.15, 0.2) is 0 Å². The summed E-state index contributed by atoms with van der Waals surface area (Å²) in [7, 11) is 0. The average molecular weight is 552 g/mol. The van der Waals surface area contributed by atoms with E-state index in [1.165, 1.54) is 6.42 Å². The lowest BCUT2D eigenvalue weighted by atomic mass is 10.1. The Balaban J connectivity index is 1.28. The molecule has 0 aliphatic carbocycles. The van der Waals surface area contributed by atoms with Crippen molar-refractivity contribution in [1.29, 1.82) is 0 Å². The lowest BCUT2D eigenvalue weighted by Gasteiger charge is -2.26. The molecule has 0 radical (unpaired) electrons. The molecular formula is C32H29N3O4S. The lowest BCUT2D eigenvalue weighted by Crippen LogP contribution is -2.35. The number of amides is 3. The zero-order valence-electron chi connectivity index (χ0n) is 22.0. The predicted molar refractivity (Wildman–Crippen MR) is 157 cm³/mol. The van der Waals surface area contributed by atoms with E-state index >= 15 is 0 Å². The molecule has 3 heterocycles. The van der Waals surface area contributed by atoms with Crippen LogP contribution in [0.15, 0.2) is 83.9 Å². The first kappa shape index (κ1) is 26.0. The Hall–Kier alpha value is -4.30. The topological polar surface area (TPSA) is 80.6 Å². The van der Waals surface area contributed by atoms with Gasteiger partial charge in [-0.2, -0.15) is 0 Å². The SMILES string of the molecule is O=C1NC(=O)/C(=C\c2cn(Cc3ccc(C(=O)N4CCCCC4)cc3)c3ccc(OCc4ccccc4)cc23)S1. The first-order valence-electron chi connectivity index (χ1n) is 13.5. The molecule has 202 valence electrons. The third-order valence-electron chi connectivity index (χ3n) is 7.26. The molecule has 4 aromatic rings. The first-order chi connectivity index (χ1) is 19.5. The second-order valence-corrected chi connectivity index (χ2v) is 11.1. The summed E-state index contributed by atoms with van der Waals surface area (Å²) in [5.74, 6) is 0.423. The molecule has 1 aromatic heterocycles. The van der Waals surface area contributed by atoms with Crippen molar-refractivity contribution in [2.45, 2.75) is 32.4 Å². The van der Waals surface area contributed by atoms with Crippen molar-refractivity contribution in [3.8, 4) is 5.75 Å². The minimum atomic E-state index is -0.388. The second-order valence-electron chi connectivity index (χ2n) is 10.1. The monoisotopic (exact) mass is 551 g/mol. The minimum absolute atomic E-state index is 0.0940. The number of imide groups is 1. The molecule has 2 aliphatic rings. The first-order valence-corrected chi connectivity index (χ1v) is 14.3. The van der Waals surface area contributed by atoms with Crippen molar-refractivity contribution in [1.82, 2.24) is 14.8 Å². The number of fused-ring (bicyclic) bond motifs is 1. The predicted octanol–water partition coefficient (Wildman–Crippen LogP) is 6.22. The van der Waals surface area contributed by atoms with E-state index in [-0.39, 0.29) is 17.1 Å². The van der Waals surface area contributed by atoms with Crippen molar-refractivity contribution in [3.05, 3.63) is 106 Å². The summed E-state index contributed by atoms with van der Waals surface area (Å²) >= 11 is 0.903. The van der Waals surface area contributed by atoms with Crippen molar-refractivity contribution in [2.75, 3.05) is 13.1 Å². The molecule has 3 amide bonds. The highest BCUT2D eigenvalue weighted by Gasteiger charge is 2.25. The van der Waals surface area contributed by atoms with Crippen LogP contribution >= 0.6 is 11.8 Å². The molecule has 6 rings (SSSR count). The van der Waals surface area contributed by atoms with Crippen LogP contribution in [0.5, 0.6) is 5.75 Å². The van der Waals surface area contributed by atoms with E-state index in [2.05, 4.69) is 9.88 Å². The fraction of sp³-hybridized carbons (Fsp3) is 0.219. The van der Waals surface area contributed by atoms with Crippen molar-refractivity contribution >= 4 is 45.8 Å². The van der Waals surface area contributed by atoms with E-state index in [1.54, 1.807) is 6.08 Å². The van der Waals surface area contributed by atoms with E-state index in [1.807, 2.05) is 83.9 Å². The highest BCUT2D eigenvalue weighted by atomic mass is 32.2. The number of rotatable bonds is 7. The number of nitrogens with zero attached hydrogens (tertiary/aromatic N) is 2. The van der Waals surface area contributed by atoms with Crippen molar-refractivity contribution in [3.63, 3.8) is 0 Å². The Morgan fingerprint density at radius 1 is 0.925 bits per heavy atom. The van der Waals surface area contributed by atoms with Crippen LogP contribution in [0.2, 0.25) is 0 Å². The Kier molecular flexibility index (Phi) is 7.42. The highest BCUT2D eigenvalue weighted by Crippen LogP contribution is 2.32. The quantitative estimate of drug-likeness (QED) is 0.276. The number of nitrogens with one attached hydrogen (secondary N) is 1. The average Bonchev–Trinajstić information content (AvgIpc) is 3.49. The number of ether oxygens (including phenoxy) is 1. The maximum atomic E-state index is 12.9. The smallest absolute Gasteiger partial charge is 0.290 e. The van der Waals surface area contributed by atoms with Gasteiger partial charge < -0.3 is 14.2 Å². The number of carbonyl (C=O) groups is 3. The zero-order valence-corrected chi connectivity index (χ0v) is 22.8. The van der Waals surface area contributed by atoms with Crippen LogP contribution in [0.25, 0.3) is 17.0 Å². The third-order valence-corrected chi connectivity index (χ3v) is 8.07. The molecule has 0 saturated carbocycles. The lowest BCUT2D eigenvalue weighted by molar-refractivity contribution is -0.115. The van der Waals surface area contributed by atoms with E-state index < -0.39 is 0 Å². The normalized spacial score (nSPS) is 16.5. The Morgan fingerprint density at radius 3 is 2.42 bits per heavy atom. The van der Waals surface area contributed by atoms with Gasteiger partial charge in [0.05, 0.1) is 4.91 Å². The van der Waals surface area contributed by atoms with Gasteiger partial charge in [0.2, 0.25) is 0 Å². The van der Waals surface area contributed by atoms with Crippen molar-refractivity contribution < 1.29 is 19.1 Å². The van der Waals surface area contributed by atoms with Crippen LogP contribution in [-0.2, 0) is 17.9 Å². The number of hydrogen-bond acceptors (Lipinski definition) is 5. The van der Waals surface area contributed by atoms with E-state index in [0.29, 0.717) is 29.4 Å². The van der Waals surface area contributed by atoms with Gasteiger partial charge in [-0.1, -0.05) is 42.5 Å². The summed E-state index contributed by atoms with van der Waals surface area (Å²) in [6.45, 7) is 2.68. The van der Waals surface area contributed by atoms with Crippen molar-refractivity contribution in [2.24, 2.45) is 0 Å². The maximum absolute atomic E-state index is 12.9. The molecule has 40 heavy (non-hydrogen) atoms. The van der Waals surface area contributed by atoms with Gasteiger partial charge in [0.1, 0.15) is 12.4 Å². The van der Waals surface area contributed by atoms with Gasteiger partial charge in [0.25, 0.3) is 17.1 Å². The van der Waals surface area contributed by atoms with Gasteiger partial charge in [-0.15, -0.1) is 0 Å². The van der Waals surface area contributed by atoms with Crippen LogP contribution in [0, 0.1) is 0 Å². The molecule has 0 atom stereocenters. The van der Waals surface area contributed by atoms with E-state index in [9.17, 15) is 14.4 Å². The van der Waals surface area contributed by atoms with Crippen LogP contribution in [-0.4, -0.2) is 39.6 Å². The summed E-state index contributed by atoms with van der Waals surface area (Å²) in [5.41, 5.74) is 4.63. The summed E-state index contributed by atoms with van der Waals surface area (Å²) in [4.78, 5) is 39.2. The Bertz CT molecular complexity index is 1600. The van der Waals surface area contributed by atoms with Crippen LogP contribution in [0.1, 0.15) is 46.3 Å². The summed E-state index contributed by atoms with van der Waals surface area (Å²) < 4.78 is 8.19. The standard InChI is InChI=1S/C32H29N3O4S/c36-30-29(40-32(38)33-30)17-25-20-35(19-22-9-11-24(12-10-22)31(37)34-15-5-2-6-16-34)28-14-13-26(18-27(25)28)39-21-23-7-3-1-4-8-23/h1,3-4,7-14,17-18,20H,2,5-6,15-16,19,21H2,(H,33,36,38)/b29-17+. The van der Waals surface area contributed by atoms with Gasteiger partial charge in [-0.3, -0.25) is 19.7 Å². The number of thioether (sulfide) groups is 1. The van der Waals surface area contributed by atoms with Crippen LogP contribution in [0.3, 0.4) is 0 Å². The minimum Gasteiger partial charge on any atom is -0.489 e. The van der Waals surface area contributed by atoms with Crippen LogP contribution in [0.4, 0.5) is 4.79 Å². The largest absolute Gasteiger partial charge is 0.489 e. The summed E-state index contributed by atoms with van der Waals surface area (Å²) in [5, 5.41) is 2.87. The number of piperidine rings is 1. The van der Waals surface area contributed by atoms with Gasteiger partial charge in [0, 0.05) is 47.9 Å². The molecule has 3 aromatic carbocycles. The number of carbonyl (C=O) groups excluding carboxylic acids is 3. The summed E-state index contributed by atoms with van der Waals surface area (Å²) in [6, 6.07) is 23.7. The van der Waals surface area contributed by atoms with Crippen LogP contribution < -0.4 is 10.1 Å². The second kappa shape index (κ2) is 11.4.